The van der Waals surface area contributed by atoms with Gasteiger partial charge in [-0.15, -0.1) is 0 Å². The van der Waals surface area contributed by atoms with Crippen molar-refractivity contribution in [2.45, 2.75) is 39.0 Å². The molecule has 17 heavy (non-hydrogen) atoms. The molecule has 0 spiro atoms. The normalized spacial score (nSPS) is 24.0. The van der Waals surface area contributed by atoms with Crippen molar-refractivity contribution in [2.75, 3.05) is 19.6 Å². The second-order valence-electron chi connectivity index (χ2n) is 4.75. The van der Waals surface area contributed by atoms with Gasteiger partial charge in [0, 0.05) is 19.5 Å². The molecule has 1 aliphatic rings. The van der Waals surface area contributed by atoms with Crippen LogP contribution in [0.25, 0.3) is 0 Å². The van der Waals surface area contributed by atoms with E-state index >= 15 is 0 Å². The van der Waals surface area contributed by atoms with Crippen molar-refractivity contribution in [3.05, 3.63) is 0 Å². The molecule has 0 aromatic carbocycles. The lowest BCUT2D eigenvalue weighted by Gasteiger charge is -2.23. The lowest BCUT2D eigenvalue weighted by molar-refractivity contribution is -0.148. The maximum Gasteiger partial charge on any atom is 0.311 e. The number of hydrogen-bond acceptors (Lipinski definition) is 3. The van der Waals surface area contributed by atoms with Gasteiger partial charge in [-0.25, -0.2) is 0 Å². The van der Waals surface area contributed by atoms with E-state index in [-0.39, 0.29) is 5.91 Å². The number of carbonyl (C=O) groups excluding carboxylic acids is 1. The van der Waals surface area contributed by atoms with Crippen LogP contribution in [0.3, 0.4) is 0 Å². The number of carbonyl (C=O) groups is 2. The molecule has 0 bridgehead atoms. The number of aliphatic carboxylic acids is 1. The van der Waals surface area contributed by atoms with Crippen LogP contribution in [0.4, 0.5) is 0 Å². The van der Waals surface area contributed by atoms with Crippen molar-refractivity contribution < 1.29 is 14.7 Å². The summed E-state index contributed by atoms with van der Waals surface area (Å²) >= 11 is 0. The molecule has 1 saturated heterocycles. The molecule has 1 atom stereocenters. The van der Waals surface area contributed by atoms with E-state index < -0.39 is 11.4 Å². The number of hydrogen-bond donors (Lipinski definition) is 2. The second-order valence-corrected chi connectivity index (χ2v) is 4.75. The van der Waals surface area contributed by atoms with Crippen LogP contribution in [0.15, 0.2) is 0 Å². The van der Waals surface area contributed by atoms with Gasteiger partial charge >= 0.3 is 5.97 Å². The molecule has 0 radical (unpaired) electrons. The Morgan fingerprint density at radius 1 is 1.41 bits per heavy atom. The van der Waals surface area contributed by atoms with Gasteiger partial charge in [0.25, 0.3) is 0 Å². The molecule has 1 heterocycles. The van der Waals surface area contributed by atoms with E-state index in [1.807, 2.05) is 6.92 Å². The van der Waals surface area contributed by atoms with E-state index in [1.54, 1.807) is 4.90 Å². The van der Waals surface area contributed by atoms with Crippen LogP contribution in [0.2, 0.25) is 0 Å². The van der Waals surface area contributed by atoms with Crippen molar-refractivity contribution in [3.8, 4) is 0 Å². The molecular weight excluding hydrogens is 220 g/mol. The molecule has 1 rings (SSSR count). The molecule has 0 aromatic rings. The number of unbranched alkanes of at least 4 members (excludes halogenated alkanes) is 1. The van der Waals surface area contributed by atoms with Gasteiger partial charge in [-0.3, -0.25) is 9.59 Å². The second kappa shape index (κ2) is 6.00. The molecule has 1 unspecified atom stereocenters. The Bertz CT molecular complexity index is 293. The molecule has 0 aliphatic carbocycles. The fraction of sp³-hybridized carbons (Fsp3) is 0.833. The SMILES string of the molecule is CCC1(C(=O)O)CCN(C(=O)CCCCN)C1. The fourth-order valence-electron chi connectivity index (χ4n) is 2.28. The van der Waals surface area contributed by atoms with Crippen LogP contribution in [-0.2, 0) is 9.59 Å². The van der Waals surface area contributed by atoms with Gasteiger partial charge in [0.05, 0.1) is 5.41 Å². The molecule has 98 valence electrons. The maximum atomic E-state index is 11.8. The minimum absolute atomic E-state index is 0.0648. The van der Waals surface area contributed by atoms with Crippen molar-refractivity contribution in [1.29, 1.82) is 0 Å². The van der Waals surface area contributed by atoms with Gasteiger partial charge in [-0.05, 0) is 32.2 Å². The zero-order chi connectivity index (χ0) is 12.9. The van der Waals surface area contributed by atoms with Crippen LogP contribution in [0.5, 0.6) is 0 Å². The summed E-state index contributed by atoms with van der Waals surface area (Å²) in [6.45, 7) is 3.40. The lowest BCUT2D eigenvalue weighted by Crippen LogP contribution is -2.36. The third kappa shape index (κ3) is 3.19. The third-order valence-corrected chi connectivity index (χ3v) is 3.68. The van der Waals surface area contributed by atoms with Gasteiger partial charge in [-0.1, -0.05) is 6.92 Å². The van der Waals surface area contributed by atoms with Crippen LogP contribution in [-0.4, -0.2) is 41.5 Å². The standard InChI is InChI=1S/C12H22N2O3/c1-2-12(11(16)17)6-8-14(9-12)10(15)5-3-4-7-13/h2-9,13H2,1H3,(H,16,17). The Balaban J connectivity index is 2.49. The number of rotatable bonds is 6. The highest BCUT2D eigenvalue weighted by Gasteiger charge is 2.44. The maximum absolute atomic E-state index is 11.8. The summed E-state index contributed by atoms with van der Waals surface area (Å²) in [5, 5.41) is 9.22. The summed E-state index contributed by atoms with van der Waals surface area (Å²) in [6.07, 6.45) is 3.27. The average molecular weight is 242 g/mol. The van der Waals surface area contributed by atoms with Gasteiger partial charge in [0.2, 0.25) is 5.91 Å². The third-order valence-electron chi connectivity index (χ3n) is 3.68. The Morgan fingerprint density at radius 3 is 2.59 bits per heavy atom. The molecule has 1 aliphatic heterocycles. The summed E-state index contributed by atoms with van der Waals surface area (Å²) in [5.41, 5.74) is 4.65. The van der Waals surface area contributed by atoms with E-state index in [9.17, 15) is 14.7 Å². The number of likely N-dealkylation sites (tertiary alicyclic amines) is 1. The van der Waals surface area contributed by atoms with Crippen molar-refractivity contribution in [2.24, 2.45) is 11.1 Å². The highest BCUT2D eigenvalue weighted by Crippen LogP contribution is 2.34. The number of nitrogens with two attached hydrogens (primary N) is 1. The Morgan fingerprint density at radius 2 is 2.12 bits per heavy atom. The molecule has 3 N–H and O–H groups in total. The van der Waals surface area contributed by atoms with Gasteiger partial charge < -0.3 is 15.7 Å². The van der Waals surface area contributed by atoms with Crippen LogP contribution < -0.4 is 5.73 Å². The minimum atomic E-state index is -0.780. The van der Waals surface area contributed by atoms with Crippen molar-refractivity contribution in [1.82, 2.24) is 4.90 Å². The lowest BCUT2D eigenvalue weighted by atomic mass is 9.84. The summed E-state index contributed by atoms with van der Waals surface area (Å²) in [4.78, 5) is 24.8. The zero-order valence-electron chi connectivity index (χ0n) is 10.4. The predicted molar refractivity (Wildman–Crippen MR) is 64.5 cm³/mol. The van der Waals surface area contributed by atoms with E-state index in [2.05, 4.69) is 0 Å². The van der Waals surface area contributed by atoms with Gasteiger partial charge in [0.15, 0.2) is 0 Å². The topological polar surface area (TPSA) is 83.6 Å². The van der Waals surface area contributed by atoms with Gasteiger partial charge in [-0.2, -0.15) is 0 Å². The molecule has 1 amide bonds. The van der Waals surface area contributed by atoms with Crippen LogP contribution in [0, 0.1) is 5.41 Å². The van der Waals surface area contributed by atoms with Crippen molar-refractivity contribution in [3.63, 3.8) is 0 Å². The van der Waals surface area contributed by atoms with Crippen molar-refractivity contribution >= 4 is 11.9 Å². The highest BCUT2D eigenvalue weighted by atomic mass is 16.4. The Hall–Kier alpha value is -1.10. The number of nitrogens with zero attached hydrogens (tertiary/aromatic N) is 1. The quantitative estimate of drug-likeness (QED) is 0.676. The zero-order valence-corrected chi connectivity index (χ0v) is 10.4. The molecular formula is C12H22N2O3. The number of amides is 1. The summed E-state index contributed by atoms with van der Waals surface area (Å²) in [5.74, 6) is -0.715. The van der Waals surface area contributed by atoms with Crippen LogP contribution >= 0.6 is 0 Å². The van der Waals surface area contributed by atoms with E-state index in [4.69, 9.17) is 5.73 Å². The summed E-state index contributed by atoms with van der Waals surface area (Å²) in [6, 6.07) is 0. The summed E-state index contributed by atoms with van der Waals surface area (Å²) in [7, 11) is 0. The molecule has 0 aromatic heterocycles. The number of carboxylic acid groups (broad SMARTS) is 1. The predicted octanol–water partition coefficient (Wildman–Crippen LogP) is 0.829. The first-order valence-corrected chi connectivity index (χ1v) is 6.27. The monoisotopic (exact) mass is 242 g/mol. The molecule has 0 saturated carbocycles. The highest BCUT2D eigenvalue weighted by molar-refractivity contribution is 5.80. The van der Waals surface area contributed by atoms with Gasteiger partial charge in [0.1, 0.15) is 0 Å². The molecule has 5 nitrogen and oxygen atoms in total. The first kappa shape index (κ1) is 14.0. The minimum Gasteiger partial charge on any atom is -0.481 e. The first-order chi connectivity index (χ1) is 8.05. The van der Waals surface area contributed by atoms with Crippen LogP contribution in [0.1, 0.15) is 39.0 Å². The molecule has 1 fully saturated rings. The smallest absolute Gasteiger partial charge is 0.311 e. The average Bonchev–Trinajstić information content (AvgIpc) is 2.75. The Kier molecular flexibility index (Phi) is 4.93. The van der Waals surface area contributed by atoms with E-state index in [1.165, 1.54) is 0 Å². The summed E-state index contributed by atoms with van der Waals surface area (Å²) < 4.78 is 0. The van der Waals surface area contributed by atoms with E-state index in [0.29, 0.717) is 38.9 Å². The number of carboxylic acids is 1. The largest absolute Gasteiger partial charge is 0.481 e. The molecule has 5 heteroatoms. The first-order valence-electron chi connectivity index (χ1n) is 6.27. The van der Waals surface area contributed by atoms with E-state index in [0.717, 1.165) is 12.8 Å². The Labute approximate surface area is 102 Å². The fourth-order valence-corrected chi connectivity index (χ4v) is 2.28.